The molecule has 0 radical (unpaired) electrons. The molecule has 6 nitrogen and oxygen atoms in total. The van der Waals surface area contributed by atoms with Gasteiger partial charge < -0.3 is 14.5 Å². The van der Waals surface area contributed by atoms with Gasteiger partial charge in [-0.05, 0) is 31.5 Å². The van der Waals surface area contributed by atoms with Gasteiger partial charge in [-0.3, -0.25) is 4.79 Å². The first-order chi connectivity index (χ1) is 10.4. The Balaban J connectivity index is 2.39. The average molecular weight is 301 g/mol. The number of ether oxygens (including phenoxy) is 1. The van der Waals surface area contributed by atoms with Crippen molar-refractivity contribution < 1.29 is 18.7 Å². The summed E-state index contributed by atoms with van der Waals surface area (Å²) in [5.74, 6) is -0.794. The number of methoxy groups -OCH3 is 1. The second kappa shape index (κ2) is 6.26. The zero-order valence-electron chi connectivity index (χ0n) is 12.4. The van der Waals surface area contributed by atoms with Crippen LogP contribution in [0.25, 0.3) is 0 Å². The van der Waals surface area contributed by atoms with Crippen molar-refractivity contribution in [2.24, 2.45) is 0 Å². The molecular weight excluding hydrogens is 286 g/mol. The van der Waals surface area contributed by atoms with Crippen LogP contribution in [0.3, 0.4) is 0 Å². The Morgan fingerprint density at radius 3 is 2.50 bits per heavy atom. The molecule has 0 saturated carbocycles. The Hall–Kier alpha value is -2.89. The normalized spacial score (nSPS) is 10.1. The van der Waals surface area contributed by atoms with E-state index in [4.69, 9.17) is 4.42 Å². The number of rotatable bonds is 3. The lowest BCUT2D eigenvalue weighted by Crippen LogP contribution is -2.19. The summed E-state index contributed by atoms with van der Waals surface area (Å²) in [4.78, 5) is 35.4. The molecule has 1 aromatic carbocycles. The molecule has 2 rings (SSSR count). The number of hydrogen-bond donors (Lipinski definition) is 1. The highest BCUT2D eigenvalue weighted by Crippen LogP contribution is 2.19. The van der Waals surface area contributed by atoms with Crippen LogP contribution in [0, 0.1) is 13.8 Å². The lowest BCUT2D eigenvalue weighted by molar-refractivity contribution is 0.0602. The summed E-state index contributed by atoms with van der Waals surface area (Å²) in [7, 11) is 1.26. The van der Waals surface area contributed by atoms with Crippen molar-refractivity contribution in [2.75, 3.05) is 12.4 Å². The molecule has 0 saturated heterocycles. The second-order valence-corrected chi connectivity index (χ2v) is 4.67. The van der Waals surface area contributed by atoms with E-state index < -0.39 is 17.5 Å². The van der Waals surface area contributed by atoms with Gasteiger partial charge in [0.2, 0.25) is 0 Å². The Kier molecular flexibility index (Phi) is 4.41. The summed E-state index contributed by atoms with van der Waals surface area (Å²) in [5.41, 5.74) is 0.818. The van der Waals surface area contributed by atoms with Crippen LogP contribution in [0.5, 0.6) is 0 Å². The number of nitrogens with one attached hydrogen (secondary N) is 1. The SMILES string of the molecule is COC(=O)c1ccccc1NC(=O)c1c(C)cc(=O)oc1C. The van der Waals surface area contributed by atoms with Crippen molar-refractivity contribution in [1.82, 2.24) is 0 Å². The molecule has 0 fully saturated rings. The zero-order chi connectivity index (χ0) is 16.3. The number of para-hydroxylation sites is 1. The van der Waals surface area contributed by atoms with E-state index >= 15 is 0 Å². The van der Waals surface area contributed by atoms with Gasteiger partial charge in [-0.15, -0.1) is 0 Å². The number of hydrogen-bond acceptors (Lipinski definition) is 5. The third-order valence-electron chi connectivity index (χ3n) is 3.14. The van der Waals surface area contributed by atoms with Crippen molar-refractivity contribution >= 4 is 17.6 Å². The van der Waals surface area contributed by atoms with Crippen molar-refractivity contribution in [1.29, 1.82) is 0 Å². The predicted octanol–water partition coefficient (Wildman–Crippen LogP) is 2.30. The summed E-state index contributed by atoms with van der Waals surface area (Å²) < 4.78 is 9.62. The molecule has 1 heterocycles. The minimum atomic E-state index is -0.552. The number of carbonyl (C=O) groups excluding carboxylic acids is 2. The molecule has 1 aromatic heterocycles. The molecular formula is C16H15NO5. The molecule has 0 unspecified atom stereocenters. The first-order valence-electron chi connectivity index (χ1n) is 6.54. The standard InChI is InChI=1S/C16H15NO5/c1-9-8-13(18)22-10(2)14(9)15(19)17-12-7-5-4-6-11(12)16(20)21-3/h4-8H,1-3H3,(H,17,19). The quantitative estimate of drug-likeness (QED) is 0.879. The van der Waals surface area contributed by atoms with Crippen LogP contribution < -0.4 is 10.9 Å². The largest absolute Gasteiger partial charge is 0.465 e. The number of aryl methyl sites for hydroxylation is 2. The molecule has 2 aromatic rings. The predicted molar refractivity (Wildman–Crippen MR) is 80.2 cm³/mol. The van der Waals surface area contributed by atoms with Crippen molar-refractivity contribution in [3.63, 3.8) is 0 Å². The summed E-state index contributed by atoms with van der Waals surface area (Å²) >= 11 is 0. The summed E-state index contributed by atoms with van der Waals surface area (Å²) in [6, 6.07) is 7.74. The fourth-order valence-corrected chi connectivity index (χ4v) is 2.16. The Morgan fingerprint density at radius 2 is 1.86 bits per heavy atom. The molecule has 1 amide bonds. The van der Waals surface area contributed by atoms with Crippen LogP contribution >= 0.6 is 0 Å². The fraction of sp³-hybridized carbons (Fsp3) is 0.188. The average Bonchev–Trinajstić information content (AvgIpc) is 2.46. The van der Waals surface area contributed by atoms with Gasteiger partial charge in [0.15, 0.2) is 0 Å². The maximum Gasteiger partial charge on any atom is 0.339 e. The molecule has 0 atom stereocenters. The van der Waals surface area contributed by atoms with Crippen LogP contribution in [0.15, 0.2) is 39.5 Å². The van der Waals surface area contributed by atoms with Gasteiger partial charge in [0.25, 0.3) is 5.91 Å². The number of anilines is 1. The van der Waals surface area contributed by atoms with E-state index in [9.17, 15) is 14.4 Å². The molecule has 0 aliphatic rings. The lowest BCUT2D eigenvalue weighted by atomic mass is 10.1. The molecule has 22 heavy (non-hydrogen) atoms. The highest BCUT2D eigenvalue weighted by molar-refractivity contribution is 6.09. The van der Waals surface area contributed by atoms with Crippen molar-refractivity contribution in [2.45, 2.75) is 13.8 Å². The van der Waals surface area contributed by atoms with E-state index in [1.165, 1.54) is 20.1 Å². The first kappa shape index (κ1) is 15.5. The minimum Gasteiger partial charge on any atom is -0.465 e. The van der Waals surface area contributed by atoms with Crippen LogP contribution in [0.4, 0.5) is 5.69 Å². The van der Waals surface area contributed by atoms with Crippen LogP contribution in [-0.2, 0) is 4.74 Å². The smallest absolute Gasteiger partial charge is 0.339 e. The zero-order valence-corrected chi connectivity index (χ0v) is 12.4. The van der Waals surface area contributed by atoms with E-state index in [2.05, 4.69) is 10.1 Å². The number of benzene rings is 1. The van der Waals surface area contributed by atoms with E-state index in [-0.39, 0.29) is 16.9 Å². The van der Waals surface area contributed by atoms with Crippen LogP contribution in [-0.4, -0.2) is 19.0 Å². The number of carbonyl (C=O) groups is 2. The maximum atomic E-state index is 12.4. The number of amides is 1. The minimum absolute atomic E-state index is 0.220. The Bertz CT molecular complexity index is 765. The Labute approximate surface area is 126 Å². The second-order valence-electron chi connectivity index (χ2n) is 4.67. The lowest BCUT2D eigenvalue weighted by Gasteiger charge is -2.11. The molecule has 114 valence electrons. The monoisotopic (exact) mass is 301 g/mol. The van der Waals surface area contributed by atoms with Crippen molar-refractivity contribution in [3.8, 4) is 0 Å². The van der Waals surface area contributed by atoms with Crippen LogP contribution in [0.1, 0.15) is 32.0 Å². The van der Waals surface area contributed by atoms with Gasteiger partial charge in [-0.2, -0.15) is 0 Å². The van der Waals surface area contributed by atoms with Gasteiger partial charge in [0.05, 0.1) is 23.9 Å². The van der Waals surface area contributed by atoms with E-state index in [1.807, 2.05) is 0 Å². The van der Waals surface area contributed by atoms with Gasteiger partial charge in [-0.25, -0.2) is 9.59 Å². The van der Waals surface area contributed by atoms with E-state index in [0.717, 1.165) is 0 Å². The molecule has 6 heteroatoms. The molecule has 0 bridgehead atoms. The number of esters is 1. The molecule has 0 spiro atoms. The van der Waals surface area contributed by atoms with Gasteiger partial charge in [0, 0.05) is 6.07 Å². The van der Waals surface area contributed by atoms with Crippen molar-refractivity contribution in [3.05, 3.63) is 63.2 Å². The van der Waals surface area contributed by atoms with E-state index in [0.29, 0.717) is 11.3 Å². The first-order valence-corrected chi connectivity index (χ1v) is 6.54. The highest BCUT2D eigenvalue weighted by Gasteiger charge is 2.18. The fourth-order valence-electron chi connectivity index (χ4n) is 2.16. The highest BCUT2D eigenvalue weighted by atomic mass is 16.5. The van der Waals surface area contributed by atoms with Gasteiger partial charge in [0.1, 0.15) is 5.76 Å². The summed E-state index contributed by atoms with van der Waals surface area (Å²) in [5, 5.41) is 2.64. The third kappa shape index (κ3) is 3.06. The molecule has 0 aliphatic carbocycles. The van der Waals surface area contributed by atoms with Gasteiger partial charge >= 0.3 is 11.6 Å². The van der Waals surface area contributed by atoms with Crippen LogP contribution in [0.2, 0.25) is 0 Å². The topological polar surface area (TPSA) is 85.6 Å². The van der Waals surface area contributed by atoms with Gasteiger partial charge in [-0.1, -0.05) is 12.1 Å². The summed E-state index contributed by atoms with van der Waals surface area (Å²) in [6.07, 6.45) is 0. The molecule has 1 N–H and O–H groups in total. The summed E-state index contributed by atoms with van der Waals surface area (Å²) in [6.45, 7) is 3.18. The maximum absolute atomic E-state index is 12.4. The van der Waals surface area contributed by atoms with E-state index in [1.54, 1.807) is 31.2 Å². The third-order valence-corrected chi connectivity index (χ3v) is 3.14. The molecule has 0 aliphatic heterocycles. The Morgan fingerprint density at radius 1 is 1.18 bits per heavy atom.